The Hall–Kier alpha value is -9.50. The van der Waals surface area contributed by atoms with Crippen molar-refractivity contribution in [2.75, 3.05) is 4.90 Å². The van der Waals surface area contributed by atoms with Gasteiger partial charge in [0, 0.05) is 44.2 Å². The molecule has 0 saturated carbocycles. The maximum absolute atomic E-state index is 6.89. The molecule has 12 aromatic carbocycles. The minimum absolute atomic E-state index is 0.178. The van der Waals surface area contributed by atoms with Crippen LogP contribution in [0.25, 0.3) is 99.5 Å². The first-order chi connectivity index (χ1) is 37.5. The van der Waals surface area contributed by atoms with Crippen molar-refractivity contribution in [3.63, 3.8) is 0 Å². The first-order valence-corrected chi connectivity index (χ1v) is 26.6. The predicted molar refractivity (Wildman–Crippen MR) is 316 cm³/mol. The predicted octanol–water partition coefficient (Wildman–Crippen LogP) is 19.9. The second kappa shape index (κ2) is 16.0. The molecule has 16 rings (SSSR count). The molecule has 76 heavy (non-hydrogen) atoms. The Morgan fingerprint density at radius 2 is 0.724 bits per heavy atom. The van der Waals surface area contributed by atoms with Gasteiger partial charge in [-0.05, 0) is 142 Å². The number of rotatable bonds is 6. The minimum atomic E-state index is -0.475. The summed E-state index contributed by atoms with van der Waals surface area (Å²) in [5.74, 6) is 0. The Morgan fingerprint density at radius 3 is 1.36 bits per heavy atom. The number of nitrogens with zero attached hydrogens (tertiary/aromatic N) is 1. The van der Waals surface area contributed by atoms with E-state index in [9.17, 15) is 0 Å². The van der Waals surface area contributed by atoms with Crippen LogP contribution in [-0.4, -0.2) is 0 Å². The quantitative estimate of drug-likeness (QED) is 0.165. The lowest BCUT2D eigenvalue weighted by Crippen LogP contribution is -2.26. The van der Waals surface area contributed by atoms with Gasteiger partial charge in [-0.3, -0.25) is 0 Å². The van der Waals surface area contributed by atoms with E-state index in [2.05, 4.69) is 280 Å². The highest BCUT2D eigenvalue weighted by Gasteiger charge is 2.51. The monoisotopic (exact) mass is 967 g/mol. The van der Waals surface area contributed by atoms with E-state index in [-0.39, 0.29) is 5.41 Å². The van der Waals surface area contributed by atoms with Gasteiger partial charge in [-0.1, -0.05) is 232 Å². The van der Waals surface area contributed by atoms with Gasteiger partial charge in [0.05, 0.1) is 5.41 Å². The molecule has 0 aliphatic heterocycles. The summed E-state index contributed by atoms with van der Waals surface area (Å²) in [5.41, 5.74) is 27.3. The average Bonchev–Trinajstić information content (AvgIpc) is 4.19. The molecule has 3 aliphatic rings. The number of hydrogen-bond donors (Lipinski definition) is 0. The van der Waals surface area contributed by atoms with Crippen LogP contribution in [0, 0.1) is 0 Å². The second-order valence-corrected chi connectivity index (χ2v) is 21.4. The van der Waals surface area contributed by atoms with Crippen LogP contribution in [-0.2, 0) is 10.8 Å². The highest BCUT2D eigenvalue weighted by molar-refractivity contribution is 6.26. The van der Waals surface area contributed by atoms with E-state index in [1.165, 1.54) is 83.5 Å². The van der Waals surface area contributed by atoms with Gasteiger partial charge in [0.25, 0.3) is 0 Å². The third kappa shape index (κ3) is 5.87. The molecule has 1 aromatic heterocycles. The van der Waals surface area contributed by atoms with E-state index in [1.807, 2.05) is 0 Å². The highest BCUT2D eigenvalue weighted by Crippen LogP contribution is 2.63. The molecule has 2 heteroatoms. The van der Waals surface area contributed by atoms with Crippen molar-refractivity contribution in [3.05, 3.63) is 294 Å². The van der Waals surface area contributed by atoms with Crippen LogP contribution < -0.4 is 4.90 Å². The van der Waals surface area contributed by atoms with Gasteiger partial charge in [-0.2, -0.15) is 0 Å². The Labute approximate surface area is 442 Å². The molecule has 13 aromatic rings. The molecule has 1 spiro atoms. The molecule has 0 unspecified atom stereocenters. The molecule has 0 saturated heterocycles. The second-order valence-electron chi connectivity index (χ2n) is 21.4. The van der Waals surface area contributed by atoms with Gasteiger partial charge in [0.1, 0.15) is 11.2 Å². The lowest BCUT2D eigenvalue weighted by molar-refractivity contribution is 0.660. The Morgan fingerprint density at radius 1 is 0.303 bits per heavy atom. The number of furan rings is 1. The number of hydrogen-bond acceptors (Lipinski definition) is 2. The number of fused-ring (bicyclic) bond motifs is 18. The average molecular weight is 968 g/mol. The summed E-state index contributed by atoms with van der Waals surface area (Å²) < 4.78 is 6.89. The highest BCUT2D eigenvalue weighted by atomic mass is 16.3. The van der Waals surface area contributed by atoms with E-state index < -0.39 is 5.41 Å². The van der Waals surface area contributed by atoms with Crippen LogP contribution in [0.2, 0.25) is 0 Å². The van der Waals surface area contributed by atoms with Crippen LogP contribution >= 0.6 is 0 Å². The zero-order valence-electron chi connectivity index (χ0n) is 42.2. The van der Waals surface area contributed by atoms with Gasteiger partial charge in [0.15, 0.2) is 0 Å². The normalized spacial score (nSPS) is 13.9. The molecule has 0 N–H and O–H groups in total. The maximum Gasteiger partial charge on any atom is 0.143 e. The molecule has 0 bridgehead atoms. The van der Waals surface area contributed by atoms with E-state index >= 15 is 0 Å². The van der Waals surface area contributed by atoms with E-state index in [1.54, 1.807) is 0 Å². The van der Waals surface area contributed by atoms with Gasteiger partial charge in [-0.15, -0.1) is 0 Å². The number of anilines is 3. The third-order valence-corrected chi connectivity index (χ3v) is 17.3. The van der Waals surface area contributed by atoms with Crippen LogP contribution in [0.1, 0.15) is 47.2 Å². The molecule has 1 heterocycles. The van der Waals surface area contributed by atoms with Crippen molar-refractivity contribution in [3.8, 4) is 66.8 Å². The van der Waals surface area contributed by atoms with Crippen LogP contribution in [0.4, 0.5) is 17.1 Å². The Kier molecular flexibility index (Phi) is 9.04. The molecule has 3 aliphatic carbocycles. The topological polar surface area (TPSA) is 16.4 Å². The SMILES string of the molecule is CC1(C)c2ccccc2-c2ccc(N(c3ccc(-c4c(-c5ccc(-c6ccccc6)cc5)c5ccccc5c5oc6ccccc6c45)cc3)c3ccc4c(c3)C3(c5ccccc5-c5ccccc53)c3ccccc3-4)cc21. The Bertz CT molecular complexity index is 4470. The summed E-state index contributed by atoms with van der Waals surface area (Å²) >= 11 is 0. The van der Waals surface area contributed by atoms with Crippen molar-refractivity contribution in [2.24, 2.45) is 0 Å². The third-order valence-electron chi connectivity index (χ3n) is 17.3. The number of para-hydroxylation sites is 1. The fourth-order valence-corrected chi connectivity index (χ4v) is 14.0. The molecule has 356 valence electrons. The van der Waals surface area contributed by atoms with E-state index in [0.29, 0.717) is 0 Å². The molecular weight excluding hydrogens is 919 g/mol. The van der Waals surface area contributed by atoms with Crippen LogP contribution in [0.3, 0.4) is 0 Å². The smallest absolute Gasteiger partial charge is 0.143 e. The summed E-state index contributed by atoms with van der Waals surface area (Å²) in [7, 11) is 0. The van der Waals surface area contributed by atoms with Crippen LogP contribution in [0.5, 0.6) is 0 Å². The first-order valence-electron chi connectivity index (χ1n) is 26.6. The summed E-state index contributed by atoms with van der Waals surface area (Å²) in [6.07, 6.45) is 0. The summed E-state index contributed by atoms with van der Waals surface area (Å²) in [6.45, 7) is 4.76. The van der Waals surface area contributed by atoms with Crippen molar-refractivity contribution < 1.29 is 4.42 Å². The summed E-state index contributed by atoms with van der Waals surface area (Å²) in [4.78, 5) is 2.50. The zero-order chi connectivity index (χ0) is 50.3. The fraction of sp³-hybridized carbons (Fsp3) is 0.0541. The van der Waals surface area contributed by atoms with Crippen molar-refractivity contribution in [1.29, 1.82) is 0 Å². The van der Waals surface area contributed by atoms with Gasteiger partial charge >= 0.3 is 0 Å². The molecule has 2 nitrogen and oxygen atoms in total. The number of benzene rings is 12. The van der Waals surface area contributed by atoms with Crippen molar-refractivity contribution in [1.82, 2.24) is 0 Å². The lowest BCUT2D eigenvalue weighted by Gasteiger charge is -2.32. The van der Waals surface area contributed by atoms with Crippen LogP contribution in [0.15, 0.2) is 265 Å². The molecule has 0 radical (unpaired) electrons. The standard InChI is InChI=1S/C74H49NO/c1-73(2)62-27-13-8-20-53(62)57-42-40-51(44-66(57)73)75(52-41-43-58-56-23-11-16-30-65(56)74(67(58)45-52)63-28-14-9-21-54(63)55-22-10-15-29-64(55)74)50-38-36-49(37-39-50)70-69(48-34-32-47(33-35-48)46-18-4-3-5-19-46)59-24-6-7-25-60(59)72-71(70)61-26-12-17-31-68(61)76-72/h3-45H,1-2H3. The zero-order valence-corrected chi connectivity index (χ0v) is 42.2. The van der Waals surface area contributed by atoms with Gasteiger partial charge < -0.3 is 9.32 Å². The summed E-state index contributed by atoms with van der Waals surface area (Å²) in [6, 6.07) is 97.0. The fourth-order valence-electron chi connectivity index (χ4n) is 14.0. The van der Waals surface area contributed by atoms with Gasteiger partial charge in [0.2, 0.25) is 0 Å². The van der Waals surface area contributed by atoms with Crippen molar-refractivity contribution in [2.45, 2.75) is 24.7 Å². The molecule has 0 amide bonds. The van der Waals surface area contributed by atoms with E-state index in [4.69, 9.17) is 4.42 Å². The van der Waals surface area contributed by atoms with E-state index in [0.717, 1.165) is 66.5 Å². The molecular formula is C74H49NO. The lowest BCUT2D eigenvalue weighted by atomic mass is 9.70. The molecule has 0 fully saturated rings. The maximum atomic E-state index is 6.89. The van der Waals surface area contributed by atoms with Crippen molar-refractivity contribution >= 4 is 49.8 Å². The minimum Gasteiger partial charge on any atom is -0.455 e. The molecule has 0 atom stereocenters. The van der Waals surface area contributed by atoms with Gasteiger partial charge in [-0.25, -0.2) is 0 Å². The first kappa shape index (κ1) is 43.0. The largest absolute Gasteiger partial charge is 0.455 e. The summed E-state index contributed by atoms with van der Waals surface area (Å²) in [5, 5.41) is 4.50. The Balaban J connectivity index is 0.927.